The van der Waals surface area contributed by atoms with Gasteiger partial charge < -0.3 is 9.84 Å². The van der Waals surface area contributed by atoms with Gasteiger partial charge in [-0.1, -0.05) is 18.5 Å². The van der Waals surface area contributed by atoms with E-state index in [-0.39, 0.29) is 10.7 Å². The molecule has 0 saturated heterocycles. The summed E-state index contributed by atoms with van der Waals surface area (Å²) in [6.07, 6.45) is 1.45. The SMILES string of the molecule is CC[C@H](O)c1ccc(Oc2ccc([N+](=O)[O-])c(Cl)c2)cn1. The lowest BCUT2D eigenvalue weighted by Crippen LogP contribution is -1.98. The summed E-state index contributed by atoms with van der Waals surface area (Å²) in [7, 11) is 0. The van der Waals surface area contributed by atoms with E-state index in [1.165, 1.54) is 24.4 Å². The lowest BCUT2D eigenvalue weighted by molar-refractivity contribution is -0.384. The third kappa shape index (κ3) is 3.68. The minimum atomic E-state index is -0.604. The predicted molar refractivity (Wildman–Crippen MR) is 77.7 cm³/mol. The van der Waals surface area contributed by atoms with E-state index in [1.54, 1.807) is 12.1 Å². The average molecular weight is 309 g/mol. The standard InChI is InChI=1S/C14H13ClN2O4/c1-2-14(18)12-5-3-10(8-16-12)21-9-4-6-13(17(19)20)11(15)7-9/h3-8,14,18H,2H2,1H3/t14-/m0/s1. The number of aromatic nitrogens is 1. The Labute approximate surface area is 126 Å². The van der Waals surface area contributed by atoms with E-state index >= 15 is 0 Å². The maximum absolute atomic E-state index is 10.7. The van der Waals surface area contributed by atoms with Crippen molar-refractivity contribution in [3.8, 4) is 11.5 Å². The molecule has 110 valence electrons. The van der Waals surface area contributed by atoms with E-state index in [2.05, 4.69) is 4.98 Å². The molecule has 2 aromatic rings. The number of nitro benzene ring substituents is 1. The van der Waals surface area contributed by atoms with Crippen LogP contribution in [0.5, 0.6) is 11.5 Å². The Bertz CT molecular complexity index is 646. The first-order chi connectivity index (χ1) is 10.0. The summed E-state index contributed by atoms with van der Waals surface area (Å²) < 4.78 is 5.51. The molecular weight excluding hydrogens is 296 g/mol. The highest BCUT2D eigenvalue weighted by Gasteiger charge is 2.13. The summed E-state index contributed by atoms with van der Waals surface area (Å²) in [5.74, 6) is 0.822. The van der Waals surface area contributed by atoms with Gasteiger partial charge in [-0.15, -0.1) is 0 Å². The number of aliphatic hydroxyl groups excluding tert-OH is 1. The molecule has 0 aliphatic rings. The fourth-order valence-electron chi connectivity index (χ4n) is 1.69. The van der Waals surface area contributed by atoms with Gasteiger partial charge in [-0.2, -0.15) is 0 Å². The van der Waals surface area contributed by atoms with Gasteiger partial charge in [0.2, 0.25) is 0 Å². The first-order valence-corrected chi connectivity index (χ1v) is 6.65. The third-order valence-corrected chi connectivity index (χ3v) is 3.14. The predicted octanol–water partition coefficient (Wildman–Crippen LogP) is 3.88. The third-order valence-electron chi connectivity index (χ3n) is 2.84. The number of halogens is 1. The molecule has 7 heteroatoms. The molecule has 0 saturated carbocycles. The van der Waals surface area contributed by atoms with Crippen LogP contribution in [0, 0.1) is 10.1 Å². The van der Waals surface area contributed by atoms with Crippen molar-refractivity contribution in [1.82, 2.24) is 4.98 Å². The number of rotatable bonds is 5. The zero-order valence-corrected chi connectivity index (χ0v) is 11.9. The van der Waals surface area contributed by atoms with Crippen LogP contribution in [0.25, 0.3) is 0 Å². The molecule has 0 radical (unpaired) electrons. The van der Waals surface area contributed by atoms with E-state index in [0.717, 1.165) is 0 Å². The van der Waals surface area contributed by atoms with Crippen molar-refractivity contribution in [2.45, 2.75) is 19.4 Å². The molecule has 0 aliphatic heterocycles. The lowest BCUT2D eigenvalue weighted by Gasteiger charge is -2.09. The molecule has 0 spiro atoms. The van der Waals surface area contributed by atoms with Crippen molar-refractivity contribution in [2.24, 2.45) is 0 Å². The summed E-state index contributed by atoms with van der Waals surface area (Å²) in [5, 5.41) is 20.3. The highest BCUT2D eigenvalue weighted by molar-refractivity contribution is 6.32. The van der Waals surface area contributed by atoms with Crippen molar-refractivity contribution in [3.63, 3.8) is 0 Å². The molecule has 2 rings (SSSR count). The first-order valence-electron chi connectivity index (χ1n) is 6.27. The lowest BCUT2D eigenvalue weighted by atomic mass is 10.2. The Morgan fingerprint density at radius 2 is 2.10 bits per heavy atom. The molecular formula is C14H13ClN2O4. The fraction of sp³-hybridized carbons (Fsp3) is 0.214. The van der Waals surface area contributed by atoms with Crippen molar-refractivity contribution >= 4 is 17.3 Å². The second-order valence-corrected chi connectivity index (χ2v) is 4.72. The average Bonchev–Trinajstić information content (AvgIpc) is 2.47. The van der Waals surface area contributed by atoms with Crippen molar-refractivity contribution in [2.75, 3.05) is 0 Å². The molecule has 6 nitrogen and oxygen atoms in total. The van der Waals surface area contributed by atoms with E-state index in [0.29, 0.717) is 23.6 Å². The van der Waals surface area contributed by atoms with Gasteiger partial charge in [0.25, 0.3) is 5.69 Å². The van der Waals surface area contributed by atoms with Crippen molar-refractivity contribution in [1.29, 1.82) is 0 Å². The molecule has 0 aliphatic carbocycles. The van der Waals surface area contributed by atoms with Crippen molar-refractivity contribution in [3.05, 3.63) is 57.4 Å². The van der Waals surface area contributed by atoms with Gasteiger partial charge in [0, 0.05) is 12.1 Å². The number of pyridine rings is 1. The summed E-state index contributed by atoms with van der Waals surface area (Å²) >= 11 is 5.81. The fourth-order valence-corrected chi connectivity index (χ4v) is 1.93. The summed E-state index contributed by atoms with van der Waals surface area (Å²) in [6, 6.07) is 7.43. The molecule has 1 aromatic carbocycles. The summed E-state index contributed by atoms with van der Waals surface area (Å²) in [4.78, 5) is 14.2. The van der Waals surface area contributed by atoms with E-state index < -0.39 is 11.0 Å². The Kier molecular flexibility index (Phi) is 4.72. The number of nitro groups is 1. The van der Waals surface area contributed by atoms with Crippen LogP contribution in [0.3, 0.4) is 0 Å². The second kappa shape index (κ2) is 6.51. The Morgan fingerprint density at radius 3 is 2.62 bits per heavy atom. The van der Waals surface area contributed by atoms with Gasteiger partial charge >= 0.3 is 0 Å². The van der Waals surface area contributed by atoms with Crippen LogP contribution >= 0.6 is 11.6 Å². The van der Waals surface area contributed by atoms with Crippen LogP contribution in [0.15, 0.2) is 36.5 Å². The molecule has 0 bridgehead atoms. The maximum atomic E-state index is 10.7. The van der Waals surface area contributed by atoms with Crippen LogP contribution in [0.4, 0.5) is 5.69 Å². The number of hydrogen-bond acceptors (Lipinski definition) is 5. The minimum Gasteiger partial charge on any atom is -0.456 e. The minimum absolute atomic E-state index is 0.00323. The summed E-state index contributed by atoms with van der Waals surface area (Å²) in [6.45, 7) is 1.86. The molecule has 1 aromatic heterocycles. The van der Waals surface area contributed by atoms with Crippen LogP contribution in [-0.4, -0.2) is 15.0 Å². The van der Waals surface area contributed by atoms with Crippen LogP contribution < -0.4 is 4.74 Å². The van der Waals surface area contributed by atoms with Gasteiger partial charge in [0.05, 0.1) is 22.9 Å². The zero-order chi connectivity index (χ0) is 15.4. The van der Waals surface area contributed by atoms with E-state index in [9.17, 15) is 15.2 Å². The maximum Gasteiger partial charge on any atom is 0.288 e. The number of ether oxygens (including phenoxy) is 1. The molecule has 0 amide bonds. The number of benzene rings is 1. The van der Waals surface area contributed by atoms with E-state index in [1.807, 2.05) is 6.92 Å². The molecule has 1 N–H and O–H groups in total. The smallest absolute Gasteiger partial charge is 0.288 e. The van der Waals surface area contributed by atoms with Gasteiger partial charge in [0.1, 0.15) is 16.5 Å². The molecule has 21 heavy (non-hydrogen) atoms. The quantitative estimate of drug-likeness (QED) is 0.669. The van der Waals surface area contributed by atoms with Gasteiger partial charge in [-0.05, 0) is 24.6 Å². The second-order valence-electron chi connectivity index (χ2n) is 4.32. The van der Waals surface area contributed by atoms with Crippen LogP contribution in [0.2, 0.25) is 5.02 Å². The molecule has 1 atom stereocenters. The number of hydrogen-bond donors (Lipinski definition) is 1. The largest absolute Gasteiger partial charge is 0.456 e. The highest BCUT2D eigenvalue weighted by atomic mass is 35.5. The van der Waals surface area contributed by atoms with Crippen LogP contribution in [0.1, 0.15) is 25.1 Å². The normalized spacial score (nSPS) is 12.0. The molecule has 1 heterocycles. The van der Waals surface area contributed by atoms with Gasteiger partial charge in [0.15, 0.2) is 0 Å². The molecule has 0 unspecified atom stereocenters. The monoisotopic (exact) mass is 308 g/mol. The Hall–Kier alpha value is -2.18. The van der Waals surface area contributed by atoms with Gasteiger partial charge in [-0.3, -0.25) is 15.1 Å². The number of aliphatic hydroxyl groups is 1. The zero-order valence-electron chi connectivity index (χ0n) is 11.2. The first kappa shape index (κ1) is 15.2. The van der Waals surface area contributed by atoms with E-state index in [4.69, 9.17) is 16.3 Å². The summed E-state index contributed by atoms with van der Waals surface area (Å²) in [5.41, 5.74) is 0.384. The highest BCUT2D eigenvalue weighted by Crippen LogP contribution is 2.31. The Morgan fingerprint density at radius 1 is 1.38 bits per heavy atom. The Balaban J connectivity index is 2.15. The van der Waals surface area contributed by atoms with Crippen molar-refractivity contribution < 1.29 is 14.8 Å². The van der Waals surface area contributed by atoms with Gasteiger partial charge in [-0.25, -0.2) is 0 Å². The number of nitrogens with zero attached hydrogens (tertiary/aromatic N) is 2. The molecule has 0 fully saturated rings. The van der Waals surface area contributed by atoms with Crippen LogP contribution in [-0.2, 0) is 0 Å². The topological polar surface area (TPSA) is 85.5 Å².